The Kier molecular flexibility index (Phi) is 12.8. The molecule has 12 nitrogen and oxygen atoms in total. The molecule has 0 saturated carbocycles. The summed E-state index contributed by atoms with van der Waals surface area (Å²) in [6.07, 6.45) is -4.43. The van der Waals surface area contributed by atoms with Crippen molar-refractivity contribution < 1.29 is 52.3 Å². The highest BCUT2D eigenvalue weighted by molar-refractivity contribution is 5.73. The molecule has 1 fully saturated rings. The van der Waals surface area contributed by atoms with E-state index >= 15 is 0 Å². The van der Waals surface area contributed by atoms with Gasteiger partial charge in [-0.3, -0.25) is 19.2 Å². The lowest BCUT2D eigenvalue weighted by Gasteiger charge is -2.44. The minimum Gasteiger partial charge on any atom is -0.463 e. The van der Waals surface area contributed by atoms with Crippen LogP contribution < -0.4 is 5.32 Å². The van der Waals surface area contributed by atoms with Crippen molar-refractivity contribution in [2.75, 3.05) is 39.6 Å². The van der Waals surface area contributed by atoms with E-state index in [1.165, 1.54) is 27.7 Å². The highest BCUT2D eigenvalue weighted by Crippen LogP contribution is 2.28. The fraction of sp³-hybridized carbons (Fsp3) is 0.800. The van der Waals surface area contributed by atoms with Gasteiger partial charge in [0.2, 0.25) is 5.91 Å². The Bertz CT molecular complexity index is 627. The average Bonchev–Trinajstić information content (AvgIpc) is 2.68. The van der Waals surface area contributed by atoms with Gasteiger partial charge in [-0.2, -0.15) is 0 Å². The van der Waals surface area contributed by atoms with E-state index < -0.39 is 54.5 Å². The third-order valence-corrected chi connectivity index (χ3v) is 4.16. The summed E-state index contributed by atoms with van der Waals surface area (Å²) < 4.78 is 37.9. The first-order valence-corrected chi connectivity index (χ1v) is 10.3. The van der Waals surface area contributed by atoms with Crippen molar-refractivity contribution >= 4 is 23.8 Å². The summed E-state index contributed by atoms with van der Waals surface area (Å²) in [7, 11) is 0. The molecule has 1 amide bonds. The summed E-state index contributed by atoms with van der Waals surface area (Å²) in [6.45, 7) is 8.09. The first-order valence-electron chi connectivity index (χ1n) is 10.3. The van der Waals surface area contributed by atoms with Crippen LogP contribution in [0.25, 0.3) is 0 Å². The molecule has 3 unspecified atom stereocenters. The lowest BCUT2D eigenvalue weighted by Crippen LogP contribution is -2.66. The van der Waals surface area contributed by atoms with Crippen molar-refractivity contribution in [3.8, 4) is 0 Å². The highest BCUT2D eigenvalue weighted by Gasteiger charge is 2.51. The summed E-state index contributed by atoms with van der Waals surface area (Å²) in [5, 5.41) is 2.62. The molecule has 1 aliphatic heterocycles. The third-order valence-electron chi connectivity index (χ3n) is 4.16. The molecule has 0 radical (unpaired) electrons. The fourth-order valence-corrected chi connectivity index (χ4v) is 3.02. The SMILES string of the molecule is CCOCCOCCO[C@@H]1OC(COC(C)=O)[C@H](OC(C)=O)C(OC(C)=O)C1NC(C)=O. The Labute approximate surface area is 187 Å². The molecule has 0 aromatic carbocycles. The van der Waals surface area contributed by atoms with Crippen LogP contribution in [0, 0.1) is 0 Å². The minimum atomic E-state index is -1.16. The monoisotopic (exact) mass is 463 g/mol. The second-order valence-electron chi connectivity index (χ2n) is 6.90. The van der Waals surface area contributed by atoms with Gasteiger partial charge < -0.3 is 38.5 Å². The van der Waals surface area contributed by atoms with Crippen LogP contribution in [0.3, 0.4) is 0 Å². The first kappa shape index (κ1) is 27.8. The van der Waals surface area contributed by atoms with E-state index in [4.69, 9.17) is 33.2 Å². The largest absolute Gasteiger partial charge is 0.463 e. The lowest BCUT2D eigenvalue weighted by atomic mass is 9.96. The summed E-state index contributed by atoms with van der Waals surface area (Å²) in [5.41, 5.74) is 0. The van der Waals surface area contributed by atoms with Crippen LogP contribution in [-0.4, -0.2) is 94.1 Å². The maximum Gasteiger partial charge on any atom is 0.303 e. The molecule has 1 N–H and O–H groups in total. The van der Waals surface area contributed by atoms with Crippen molar-refractivity contribution in [1.82, 2.24) is 5.32 Å². The standard InChI is InChI=1S/C20H33NO11/c1-6-26-7-8-27-9-10-28-20-17(21-12(2)22)19(31-15(5)25)18(30-14(4)24)16(32-20)11-29-13(3)23/h16-20H,6-11H2,1-5H3,(H,21,22)/t16?,17?,18-,19?,20+/m0/s1. The van der Waals surface area contributed by atoms with Gasteiger partial charge in [0.25, 0.3) is 0 Å². The molecule has 0 aromatic heterocycles. The van der Waals surface area contributed by atoms with Gasteiger partial charge in [0.15, 0.2) is 18.5 Å². The smallest absolute Gasteiger partial charge is 0.303 e. The van der Waals surface area contributed by atoms with Gasteiger partial charge in [-0.05, 0) is 6.92 Å². The number of carbonyl (C=O) groups is 4. The lowest BCUT2D eigenvalue weighted by molar-refractivity contribution is -0.279. The molecule has 5 atom stereocenters. The molecular weight excluding hydrogens is 430 g/mol. The van der Waals surface area contributed by atoms with E-state index in [9.17, 15) is 19.2 Å². The summed E-state index contributed by atoms with van der Waals surface area (Å²) in [5.74, 6) is -2.37. The van der Waals surface area contributed by atoms with E-state index in [0.29, 0.717) is 19.8 Å². The van der Waals surface area contributed by atoms with Gasteiger partial charge in [-0.1, -0.05) is 0 Å². The molecule has 184 valence electrons. The fourth-order valence-electron chi connectivity index (χ4n) is 3.02. The van der Waals surface area contributed by atoms with E-state index in [1.807, 2.05) is 6.92 Å². The summed E-state index contributed by atoms with van der Waals surface area (Å²) >= 11 is 0. The number of ether oxygens (including phenoxy) is 7. The van der Waals surface area contributed by atoms with Crippen LogP contribution >= 0.6 is 0 Å². The van der Waals surface area contributed by atoms with Gasteiger partial charge in [0.1, 0.15) is 18.8 Å². The molecule has 0 bridgehead atoms. The average molecular weight is 463 g/mol. The van der Waals surface area contributed by atoms with Crippen molar-refractivity contribution in [3.05, 3.63) is 0 Å². The number of hydrogen-bond acceptors (Lipinski definition) is 11. The topological polar surface area (TPSA) is 145 Å². The number of nitrogens with one attached hydrogen (secondary N) is 1. The van der Waals surface area contributed by atoms with Crippen molar-refractivity contribution in [1.29, 1.82) is 0 Å². The van der Waals surface area contributed by atoms with Crippen LogP contribution in [0.1, 0.15) is 34.6 Å². The van der Waals surface area contributed by atoms with E-state index in [1.54, 1.807) is 0 Å². The Morgan fingerprint density at radius 2 is 1.41 bits per heavy atom. The van der Waals surface area contributed by atoms with E-state index in [-0.39, 0.29) is 19.8 Å². The normalized spacial score (nSPS) is 25.0. The van der Waals surface area contributed by atoms with Crippen LogP contribution in [0.4, 0.5) is 0 Å². The van der Waals surface area contributed by atoms with Crippen LogP contribution in [0.2, 0.25) is 0 Å². The molecule has 0 aliphatic carbocycles. The maximum absolute atomic E-state index is 11.8. The van der Waals surface area contributed by atoms with Crippen molar-refractivity contribution in [3.63, 3.8) is 0 Å². The zero-order chi connectivity index (χ0) is 24.1. The van der Waals surface area contributed by atoms with Crippen LogP contribution in [0.5, 0.6) is 0 Å². The molecule has 0 spiro atoms. The van der Waals surface area contributed by atoms with Gasteiger partial charge >= 0.3 is 17.9 Å². The number of rotatable bonds is 13. The molecule has 1 saturated heterocycles. The highest BCUT2D eigenvalue weighted by atomic mass is 16.7. The molecule has 1 rings (SSSR count). The van der Waals surface area contributed by atoms with Gasteiger partial charge in [0, 0.05) is 34.3 Å². The molecule has 1 aliphatic rings. The van der Waals surface area contributed by atoms with Gasteiger partial charge in [0.05, 0.1) is 26.4 Å². The van der Waals surface area contributed by atoms with Crippen LogP contribution in [0.15, 0.2) is 0 Å². The van der Waals surface area contributed by atoms with E-state index in [2.05, 4.69) is 5.32 Å². The van der Waals surface area contributed by atoms with Crippen molar-refractivity contribution in [2.45, 2.75) is 65.3 Å². The number of esters is 3. The molecular formula is C20H33NO11. The minimum absolute atomic E-state index is 0.0815. The summed E-state index contributed by atoms with van der Waals surface area (Å²) in [4.78, 5) is 46.6. The first-order chi connectivity index (χ1) is 15.1. The quantitative estimate of drug-likeness (QED) is 0.218. The molecule has 32 heavy (non-hydrogen) atoms. The zero-order valence-corrected chi connectivity index (χ0v) is 19.1. The maximum atomic E-state index is 11.8. The second-order valence-corrected chi connectivity index (χ2v) is 6.90. The van der Waals surface area contributed by atoms with Crippen molar-refractivity contribution in [2.24, 2.45) is 0 Å². The zero-order valence-electron chi connectivity index (χ0n) is 19.1. The predicted molar refractivity (Wildman–Crippen MR) is 107 cm³/mol. The summed E-state index contributed by atoms with van der Waals surface area (Å²) in [6, 6.07) is -1.00. The molecule has 1 heterocycles. The Morgan fingerprint density at radius 3 is 1.97 bits per heavy atom. The van der Waals surface area contributed by atoms with Crippen LogP contribution in [-0.2, 0) is 52.3 Å². The van der Waals surface area contributed by atoms with E-state index in [0.717, 1.165) is 0 Å². The molecule has 0 aromatic rings. The second kappa shape index (κ2) is 14.7. The van der Waals surface area contributed by atoms with Gasteiger partial charge in [-0.15, -0.1) is 0 Å². The Hall–Kier alpha value is -2.28. The number of amides is 1. The third kappa shape index (κ3) is 10.4. The number of hydrogen-bond donors (Lipinski definition) is 1. The predicted octanol–water partition coefficient (Wildman–Crippen LogP) is -0.288. The number of carbonyl (C=O) groups excluding carboxylic acids is 4. The molecule has 12 heteroatoms. The Balaban J connectivity index is 3.01. The van der Waals surface area contributed by atoms with Gasteiger partial charge in [-0.25, -0.2) is 0 Å². The Morgan fingerprint density at radius 1 is 0.812 bits per heavy atom.